The van der Waals surface area contributed by atoms with Gasteiger partial charge in [-0.2, -0.15) is 0 Å². The van der Waals surface area contributed by atoms with Crippen LogP contribution in [0.15, 0.2) is 60.7 Å². The van der Waals surface area contributed by atoms with Crippen LogP contribution in [0.3, 0.4) is 0 Å². The smallest absolute Gasteiger partial charge is 0.131 e. The monoisotopic (exact) mass is 420 g/mol. The van der Waals surface area contributed by atoms with Gasteiger partial charge in [-0.15, -0.1) is 0 Å². The molecule has 2 aromatic carbocycles. The number of rotatable bonds is 4. The molecule has 4 rings (SSSR count). The average Bonchev–Trinajstić information content (AvgIpc) is 3.08. The molecule has 0 aliphatic carbocycles. The average molecular weight is 421 g/mol. The quantitative estimate of drug-likeness (QED) is 0.400. The molecular weight excluding hydrogens is 396 g/mol. The Kier molecular flexibility index (Phi) is 5.15. The number of benzene rings is 2. The van der Waals surface area contributed by atoms with E-state index in [-0.39, 0.29) is 0 Å². The molecule has 0 N–H and O–H groups in total. The highest BCUT2D eigenvalue weighted by Gasteiger charge is 2.19. The molecule has 0 aliphatic heterocycles. The van der Waals surface area contributed by atoms with Gasteiger partial charge in [0, 0.05) is 43.0 Å². The summed E-state index contributed by atoms with van der Waals surface area (Å²) in [5.74, 6) is 0. The maximum absolute atomic E-state index is 5.90. The summed E-state index contributed by atoms with van der Waals surface area (Å²) >= 11 is 11.8. The van der Waals surface area contributed by atoms with Crippen LogP contribution in [0.2, 0.25) is 0 Å². The van der Waals surface area contributed by atoms with E-state index in [9.17, 15) is 0 Å². The Hall–Kier alpha value is -2.70. The molecule has 0 bridgehead atoms. The van der Waals surface area contributed by atoms with Gasteiger partial charge in [0.1, 0.15) is 9.28 Å². The molecule has 0 aliphatic rings. The summed E-state index contributed by atoms with van der Waals surface area (Å²) in [6.07, 6.45) is 0.719. The maximum atomic E-state index is 5.90. The highest BCUT2D eigenvalue weighted by molar-refractivity contribution is 7.71. The van der Waals surface area contributed by atoms with Crippen molar-refractivity contribution in [3.05, 3.63) is 92.5 Å². The third-order valence-electron chi connectivity index (χ3n) is 5.70. The van der Waals surface area contributed by atoms with Crippen LogP contribution >= 0.6 is 24.4 Å². The van der Waals surface area contributed by atoms with Crippen molar-refractivity contribution in [3.63, 3.8) is 0 Å². The minimum atomic E-state index is 0.719. The van der Waals surface area contributed by atoms with Gasteiger partial charge >= 0.3 is 0 Å². The predicted octanol–water partition coefficient (Wildman–Crippen LogP) is 5.61. The fourth-order valence-electron chi connectivity index (χ4n) is 3.83. The fraction of sp³-hybridized carbons (Fsp3) is 0.217. The molecule has 4 nitrogen and oxygen atoms in total. The molecule has 0 atom stereocenters. The molecule has 0 amide bonds. The summed E-state index contributed by atoms with van der Waals surface area (Å²) in [4.78, 5) is 0. The van der Waals surface area contributed by atoms with Gasteiger partial charge < -0.3 is 0 Å². The lowest BCUT2D eigenvalue weighted by Gasteiger charge is -2.08. The number of nitrogens with zero attached hydrogens (tertiary/aromatic N) is 4. The summed E-state index contributed by atoms with van der Waals surface area (Å²) in [5.41, 5.74) is 6.73. The molecule has 0 fully saturated rings. The summed E-state index contributed by atoms with van der Waals surface area (Å²) in [6, 6.07) is 20.5. The van der Waals surface area contributed by atoms with E-state index in [0.717, 1.165) is 49.6 Å². The van der Waals surface area contributed by atoms with Crippen molar-refractivity contribution in [2.75, 3.05) is 0 Å². The number of para-hydroxylation sites is 2. The summed E-state index contributed by atoms with van der Waals surface area (Å²) in [7, 11) is 4.11. The second kappa shape index (κ2) is 7.61. The summed E-state index contributed by atoms with van der Waals surface area (Å²) in [6.45, 7) is 4.24. The van der Waals surface area contributed by atoms with Crippen LogP contribution in [-0.2, 0) is 20.5 Å². The van der Waals surface area contributed by atoms with E-state index in [2.05, 4.69) is 70.9 Å². The van der Waals surface area contributed by atoms with Crippen LogP contribution in [0.25, 0.3) is 11.4 Å². The second-order valence-electron chi connectivity index (χ2n) is 7.26. The highest BCUT2D eigenvalue weighted by atomic mass is 32.1. The van der Waals surface area contributed by atoms with Crippen molar-refractivity contribution in [2.45, 2.75) is 20.3 Å². The molecule has 0 saturated carbocycles. The van der Waals surface area contributed by atoms with Gasteiger partial charge in [0.15, 0.2) is 0 Å². The van der Waals surface area contributed by atoms with Gasteiger partial charge in [-0.1, -0.05) is 60.8 Å². The Bertz CT molecular complexity index is 1190. The van der Waals surface area contributed by atoms with Gasteiger partial charge in [-0.3, -0.25) is 9.36 Å². The first-order chi connectivity index (χ1) is 13.9. The van der Waals surface area contributed by atoms with Crippen molar-refractivity contribution in [1.29, 1.82) is 0 Å². The Morgan fingerprint density at radius 2 is 0.966 bits per heavy atom. The highest BCUT2D eigenvalue weighted by Crippen LogP contribution is 2.25. The van der Waals surface area contributed by atoms with Crippen molar-refractivity contribution in [1.82, 2.24) is 18.7 Å². The molecule has 2 aromatic heterocycles. The van der Waals surface area contributed by atoms with Gasteiger partial charge in [-0.25, -0.2) is 9.36 Å². The standard InChI is InChI=1S/C23H24N4S2/c1-16-20(22(28)26(24(16)3)18-11-7-5-8-12-18)15-21-17(2)25(4)27(23(21)29)19-13-9-6-10-14-19/h5-14H,15H2,1-4H3. The summed E-state index contributed by atoms with van der Waals surface area (Å²) < 4.78 is 10.1. The van der Waals surface area contributed by atoms with Gasteiger partial charge in [0.25, 0.3) is 0 Å². The van der Waals surface area contributed by atoms with E-state index >= 15 is 0 Å². The van der Waals surface area contributed by atoms with Crippen LogP contribution in [0.4, 0.5) is 0 Å². The Morgan fingerprint density at radius 3 is 1.31 bits per heavy atom. The summed E-state index contributed by atoms with van der Waals surface area (Å²) in [5, 5.41) is 0. The Balaban J connectivity index is 1.85. The number of hydrogen-bond acceptors (Lipinski definition) is 2. The van der Waals surface area contributed by atoms with Crippen molar-refractivity contribution < 1.29 is 0 Å². The van der Waals surface area contributed by atoms with Crippen LogP contribution in [0.1, 0.15) is 22.5 Å². The van der Waals surface area contributed by atoms with E-state index in [0.29, 0.717) is 0 Å². The number of hydrogen-bond donors (Lipinski definition) is 0. The third-order valence-corrected chi connectivity index (χ3v) is 6.54. The minimum Gasteiger partial charge on any atom is -0.287 e. The normalized spacial score (nSPS) is 11.2. The molecule has 0 spiro atoms. The molecule has 29 heavy (non-hydrogen) atoms. The Morgan fingerprint density at radius 1 is 0.621 bits per heavy atom. The van der Waals surface area contributed by atoms with Crippen LogP contribution in [-0.4, -0.2) is 18.7 Å². The van der Waals surface area contributed by atoms with Crippen LogP contribution in [0.5, 0.6) is 0 Å². The first kappa shape index (κ1) is 19.6. The zero-order chi connectivity index (χ0) is 20.7. The second-order valence-corrected chi connectivity index (χ2v) is 8.03. The van der Waals surface area contributed by atoms with Gasteiger partial charge in [0.2, 0.25) is 0 Å². The fourth-order valence-corrected chi connectivity index (χ4v) is 4.73. The molecule has 6 heteroatoms. The molecule has 2 heterocycles. The molecule has 0 radical (unpaired) electrons. The Labute approximate surface area is 181 Å². The predicted molar refractivity (Wildman–Crippen MR) is 123 cm³/mol. The lowest BCUT2D eigenvalue weighted by Crippen LogP contribution is -2.07. The zero-order valence-electron chi connectivity index (χ0n) is 17.1. The molecule has 4 aromatic rings. The van der Waals surface area contributed by atoms with Crippen molar-refractivity contribution in [3.8, 4) is 11.4 Å². The first-order valence-electron chi connectivity index (χ1n) is 9.57. The SMILES string of the molecule is Cc1c(Cc2c(C)n(C)n(-c3ccccc3)c2=S)c(=S)n(-c2ccccc2)n1C. The maximum Gasteiger partial charge on any atom is 0.131 e. The number of aromatic nitrogens is 4. The molecule has 0 saturated heterocycles. The molecule has 0 unspecified atom stereocenters. The van der Waals surface area contributed by atoms with Gasteiger partial charge in [0.05, 0.1) is 11.4 Å². The van der Waals surface area contributed by atoms with Gasteiger partial charge in [-0.05, 0) is 38.1 Å². The lowest BCUT2D eigenvalue weighted by molar-refractivity contribution is 0.637. The third kappa shape index (κ3) is 3.22. The largest absolute Gasteiger partial charge is 0.287 e. The van der Waals surface area contributed by atoms with E-state index < -0.39 is 0 Å². The topological polar surface area (TPSA) is 19.7 Å². The van der Waals surface area contributed by atoms with E-state index in [1.54, 1.807) is 0 Å². The first-order valence-corrected chi connectivity index (χ1v) is 10.4. The van der Waals surface area contributed by atoms with Crippen molar-refractivity contribution >= 4 is 24.4 Å². The van der Waals surface area contributed by atoms with Crippen LogP contribution < -0.4 is 0 Å². The zero-order valence-corrected chi connectivity index (χ0v) is 18.7. The van der Waals surface area contributed by atoms with E-state index in [4.69, 9.17) is 24.4 Å². The van der Waals surface area contributed by atoms with E-state index in [1.165, 1.54) is 0 Å². The molecule has 148 valence electrons. The lowest BCUT2D eigenvalue weighted by atomic mass is 10.1. The minimum absolute atomic E-state index is 0.719. The van der Waals surface area contributed by atoms with E-state index in [1.807, 2.05) is 36.4 Å². The van der Waals surface area contributed by atoms with Crippen molar-refractivity contribution in [2.24, 2.45) is 14.1 Å². The van der Waals surface area contributed by atoms with Crippen LogP contribution in [0, 0.1) is 23.1 Å². The molecular formula is C23H24N4S2.